The van der Waals surface area contributed by atoms with Gasteiger partial charge >= 0.3 is 7.12 Å². The Labute approximate surface area is 139 Å². The molecule has 1 heterocycles. The first-order chi connectivity index (χ1) is 10.5. The molecule has 1 aromatic rings. The Hall–Kier alpha value is -1.10. The first kappa shape index (κ1) is 16.8. The molecule has 1 aliphatic carbocycles. The van der Waals surface area contributed by atoms with Crippen LogP contribution in [0.25, 0.3) is 0 Å². The minimum Gasteiger partial charge on any atom is -0.399 e. The quantitative estimate of drug-likeness (QED) is 0.688. The van der Waals surface area contributed by atoms with Crippen molar-refractivity contribution in [2.75, 3.05) is 0 Å². The molecule has 0 saturated carbocycles. The summed E-state index contributed by atoms with van der Waals surface area (Å²) in [7, 11) is -0.389. The van der Waals surface area contributed by atoms with Crippen molar-refractivity contribution in [3.05, 3.63) is 41.5 Å². The topological polar surface area (TPSA) is 38.7 Å². The third-order valence-electron chi connectivity index (χ3n) is 5.56. The van der Waals surface area contributed by atoms with Crippen molar-refractivity contribution in [1.29, 1.82) is 0 Å². The van der Waals surface area contributed by atoms with E-state index in [4.69, 9.17) is 9.31 Å². The van der Waals surface area contributed by atoms with E-state index in [0.29, 0.717) is 6.42 Å². The fourth-order valence-electron chi connectivity index (χ4n) is 3.53. The minimum absolute atomic E-state index is 0.356. The molecule has 1 fully saturated rings. The van der Waals surface area contributed by atoms with Gasteiger partial charge in [0.05, 0.1) is 16.8 Å². The summed E-state index contributed by atoms with van der Waals surface area (Å²) in [5.74, 6) is 0. The van der Waals surface area contributed by atoms with Crippen LogP contribution in [0.4, 0.5) is 0 Å². The van der Waals surface area contributed by atoms with Gasteiger partial charge in [-0.3, -0.25) is 0 Å². The molecule has 1 atom stereocenters. The SMILES string of the molecule is C=C(C)CC1(O)CCc2ccc(B3OC(C)(C)C(C)(C)O3)cc21. The summed E-state index contributed by atoms with van der Waals surface area (Å²) >= 11 is 0. The summed E-state index contributed by atoms with van der Waals surface area (Å²) in [6.07, 6.45) is 2.26. The third kappa shape index (κ3) is 2.77. The molecule has 0 amide bonds. The molecule has 0 spiro atoms. The number of aryl methyl sites for hydroxylation is 1. The fraction of sp³-hybridized carbons (Fsp3) is 0.579. The van der Waals surface area contributed by atoms with Crippen LogP contribution in [0, 0.1) is 0 Å². The molecule has 0 bridgehead atoms. The van der Waals surface area contributed by atoms with E-state index < -0.39 is 5.60 Å². The molecule has 1 unspecified atom stereocenters. The van der Waals surface area contributed by atoms with Gasteiger partial charge < -0.3 is 14.4 Å². The zero-order valence-electron chi connectivity index (χ0n) is 14.9. The Morgan fingerprint density at radius 2 is 1.83 bits per heavy atom. The Kier molecular flexibility index (Phi) is 3.79. The Morgan fingerprint density at radius 3 is 2.39 bits per heavy atom. The largest absolute Gasteiger partial charge is 0.494 e. The van der Waals surface area contributed by atoms with Crippen LogP contribution in [-0.2, 0) is 21.3 Å². The molecule has 2 aliphatic rings. The molecule has 1 aromatic carbocycles. The van der Waals surface area contributed by atoms with Crippen molar-refractivity contribution in [2.24, 2.45) is 0 Å². The molecule has 1 saturated heterocycles. The van der Waals surface area contributed by atoms with E-state index in [1.165, 1.54) is 5.56 Å². The monoisotopic (exact) mass is 314 g/mol. The lowest BCUT2D eigenvalue weighted by Crippen LogP contribution is -2.41. The van der Waals surface area contributed by atoms with Gasteiger partial charge in [-0.2, -0.15) is 0 Å². The van der Waals surface area contributed by atoms with Gasteiger partial charge in [-0.1, -0.05) is 23.8 Å². The predicted octanol–water partition coefficient (Wildman–Crippen LogP) is 3.09. The van der Waals surface area contributed by atoms with Gasteiger partial charge in [0.1, 0.15) is 0 Å². The maximum Gasteiger partial charge on any atom is 0.494 e. The molecule has 3 nitrogen and oxygen atoms in total. The lowest BCUT2D eigenvalue weighted by molar-refractivity contribution is 0.00578. The average molecular weight is 314 g/mol. The van der Waals surface area contributed by atoms with E-state index >= 15 is 0 Å². The van der Waals surface area contributed by atoms with Crippen LogP contribution in [0.5, 0.6) is 0 Å². The van der Waals surface area contributed by atoms with E-state index in [-0.39, 0.29) is 18.3 Å². The first-order valence-corrected chi connectivity index (χ1v) is 8.40. The van der Waals surface area contributed by atoms with Crippen LogP contribution < -0.4 is 5.46 Å². The fourth-order valence-corrected chi connectivity index (χ4v) is 3.53. The molecule has 0 radical (unpaired) electrons. The van der Waals surface area contributed by atoms with Crippen LogP contribution in [0.2, 0.25) is 0 Å². The highest BCUT2D eigenvalue weighted by molar-refractivity contribution is 6.62. The molecule has 4 heteroatoms. The average Bonchev–Trinajstić information content (AvgIpc) is 2.84. The summed E-state index contributed by atoms with van der Waals surface area (Å²) in [5, 5.41) is 11.0. The highest BCUT2D eigenvalue weighted by Crippen LogP contribution is 2.41. The van der Waals surface area contributed by atoms with Crippen LogP contribution in [-0.4, -0.2) is 23.4 Å². The number of rotatable bonds is 3. The second-order valence-corrected chi connectivity index (χ2v) is 8.17. The molecule has 1 aliphatic heterocycles. The number of benzene rings is 1. The highest BCUT2D eigenvalue weighted by atomic mass is 16.7. The maximum absolute atomic E-state index is 11.0. The van der Waals surface area contributed by atoms with Gasteiger partial charge in [0, 0.05) is 6.42 Å². The van der Waals surface area contributed by atoms with Crippen molar-refractivity contribution < 1.29 is 14.4 Å². The van der Waals surface area contributed by atoms with Crippen LogP contribution in [0.1, 0.15) is 58.6 Å². The van der Waals surface area contributed by atoms with E-state index in [1.54, 1.807) is 0 Å². The Morgan fingerprint density at radius 1 is 1.22 bits per heavy atom. The van der Waals surface area contributed by atoms with E-state index in [0.717, 1.165) is 29.4 Å². The van der Waals surface area contributed by atoms with E-state index in [2.05, 4.69) is 52.5 Å². The van der Waals surface area contributed by atoms with Crippen molar-refractivity contribution in [2.45, 2.75) is 70.7 Å². The summed E-state index contributed by atoms with van der Waals surface area (Å²) in [4.78, 5) is 0. The third-order valence-corrected chi connectivity index (χ3v) is 5.56. The van der Waals surface area contributed by atoms with Crippen molar-refractivity contribution in [3.63, 3.8) is 0 Å². The summed E-state index contributed by atoms with van der Waals surface area (Å²) in [6.45, 7) is 14.1. The summed E-state index contributed by atoms with van der Waals surface area (Å²) in [5.41, 5.74) is 2.68. The maximum atomic E-state index is 11.0. The lowest BCUT2D eigenvalue weighted by Gasteiger charge is -2.32. The van der Waals surface area contributed by atoms with Crippen LogP contribution in [0.3, 0.4) is 0 Å². The van der Waals surface area contributed by atoms with Gasteiger partial charge in [0.15, 0.2) is 0 Å². The number of aliphatic hydroxyl groups is 1. The van der Waals surface area contributed by atoms with Crippen LogP contribution in [0.15, 0.2) is 30.4 Å². The van der Waals surface area contributed by atoms with Gasteiger partial charge in [-0.25, -0.2) is 0 Å². The molecule has 0 aromatic heterocycles. The summed E-state index contributed by atoms with van der Waals surface area (Å²) in [6, 6.07) is 6.23. The van der Waals surface area contributed by atoms with Crippen molar-refractivity contribution in [1.82, 2.24) is 0 Å². The van der Waals surface area contributed by atoms with E-state index in [1.807, 2.05) is 6.92 Å². The molecular formula is C19H27BO3. The second kappa shape index (κ2) is 5.20. The highest BCUT2D eigenvalue weighted by Gasteiger charge is 2.52. The Balaban J connectivity index is 1.93. The van der Waals surface area contributed by atoms with Gasteiger partial charge in [-0.15, -0.1) is 6.58 Å². The molecule has 124 valence electrons. The Bertz CT molecular complexity index is 634. The zero-order valence-corrected chi connectivity index (χ0v) is 14.9. The van der Waals surface area contributed by atoms with Crippen LogP contribution >= 0.6 is 0 Å². The standard InChI is InChI=1S/C19H27BO3/c1-13(2)12-19(21)10-9-14-7-8-15(11-16(14)19)20-22-17(3,4)18(5,6)23-20/h7-8,11,21H,1,9-10,12H2,2-6H3. The van der Waals surface area contributed by atoms with Gasteiger partial charge in [-0.05, 0) is 64.1 Å². The van der Waals surface area contributed by atoms with Gasteiger partial charge in [0.25, 0.3) is 0 Å². The molecule has 1 N–H and O–H groups in total. The predicted molar refractivity (Wildman–Crippen MR) is 93.8 cm³/mol. The molecule has 3 rings (SSSR count). The zero-order chi connectivity index (χ0) is 17.0. The lowest BCUT2D eigenvalue weighted by atomic mass is 9.76. The minimum atomic E-state index is -0.805. The molecule has 23 heavy (non-hydrogen) atoms. The number of hydrogen-bond donors (Lipinski definition) is 1. The summed E-state index contributed by atoms with van der Waals surface area (Å²) < 4.78 is 12.3. The molecular weight excluding hydrogens is 287 g/mol. The van der Waals surface area contributed by atoms with E-state index in [9.17, 15) is 5.11 Å². The number of fused-ring (bicyclic) bond motifs is 1. The normalized spacial score (nSPS) is 28.0. The van der Waals surface area contributed by atoms with Crippen molar-refractivity contribution >= 4 is 12.6 Å². The number of hydrogen-bond acceptors (Lipinski definition) is 3. The smallest absolute Gasteiger partial charge is 0.399 e. The first-order valence-electron chi connectivity index (χ1n) is 8.40. The van der Waals surface area contributed by atoms with Crippen molar-refractivity contribution in [3.8, 4) is 0 Å². The second-order valence-electron chi connectivity index (χ2n) is 8.17. The van der Waals surface area contributed by atoms with Gasteiger partial charge in [0.2, 0.25) is 0 Å².